The number of para-hydroxylation sites is 1. The number of thiazole rings is 1. The van der Waals surface area contributed by atoms with Gasteiger partial charge in [0.1, 0.15) is 0 Å². The lowest BCUT2D eigenvalue weighted by atomic mass is 10.2. The third kappa shape index (κ3) is 5.76. The predicted octanol–water partition coefficient (Wildman–Crippen LogP) is 2.37. The molecule has 0 radical (unpaired) electrons. The molecule has 2 heterocycles. The molecule has 25 heavy (non-hydrogen) atoms. The highest BCUT2D eigenvalue weighted by molar-refractivity contribution is 7.18. The van der Waals surface area contributed by atoms with Gasteiger partial charge in [-0.25, -0.2) is 4.98 Å². The van der Waals surface area contributed by atoms with E-state index in [1.807, 2.05) is 18.2 Å². The average molecular weight is 361 g/mol. The van der Waals surface area contributed by atoms with Crippen LogP contribution in [-0.2, 0) is 11.2 Å². The van der Waals surface area contributed by atoms with Crippen LogP contribution in [0.1, 0.15) is 24.3 Å². The van der Waals surface area contributed by atoms with Crippen LogP contribution >= 0.6 is 11.3 Å². The molecule has 1 aromatic heterocycles. The summed E-state index contributed by atoms with van der Waals surface area (Å²) >= 11 is 1.73. The van der Waals surface area contributed by atoms with Gasteiger partial charge in [-0.15, -0.1) is 11.3 Å². The largest absolute Gasteiger partial charge is 0.356 e. The fraction of sp³-hybridized carbons (Fsp3) is 0.579. The molecule has 1 fully saturated rings. The minimum absolute atomic E-state index is 0.166. The van der Waals surface area contributed by atoms with E-state index in [1.165, 1.54) is 4.70 Å². The minimum atomic E-state index is 0.166. The molecule has 5 nitrogen and oxygen atoms in total. The smallest absolute Gasteiger partial charge is 0.220 e. The second-order valence-electron chi connectivity index (χ2n) is 6.78. The Morgan fingerprint density at radius 3 is 2.80 bits per heavy atom. The summed E-state index contributed by atoms with van der Waals surface area (Å²) in [6, 6.07) is 8.20. The molecule has 0 aliphatic carbocycles. The van der Waals surface area contributed by atoms with Crippen LogP contribution in [0.2, 0.25) is 0 Å². The molecule has 0 atom stereocenters. The number of hydrogen-bond acceptors (Lipinski definition) is 5. The van der Waals surface area contributed by atoms with Gasteiger partial charge in [0.15, 0.2) is 0 Å². The first-order chi connectivity index (χ1) is 12.2. The molecule has 1 aliphatic heterocycles. The lowest BCUT2D eigenvalue weighted by molar-refractivity contribution is -0.121. The number of likely N-dealkylation sites (N-methyl/N-ethyl adjacent to an activating group) is 1. The zero-order valence-electron chi connectivity index (χ0n) is 15.0. The highest BCUT2D eigenvalue weighted by atomic mass is 32.1. The fourth-order valence-corrected chi connectivity index (χ4v) is 4.13. The molecular weight excluding hydrogens is 332 g/mol. The van der Waals surface area contributed by atoms with Gasteiger partial charge in [0.25, 0.3) is 0 Å². The fourth-order valence-electron chi connectivity index (χ4n) is 3.12. The van der Waals surface area contributed by atoms with Gasteiger partial charge in [-0.1, -0.05) is 12.1 Å². The van der Waals surface area contributed by atoms with Gasteiger partial charge < -0.3 is 15.1 Å². The van der Waals surface area contributed by atoms with E-state index in [2.05, 4.69) is 33.2 Å². The minimum Gasteiger partial charge on any atom is -0.356 e. The highest BCUT2D eigenvalue weighted by Crippen LogP contribution is 2.22. The Hall–Kier alpha value is -1.50. The third-order valence-corrected chi connectivity index (χ3v) is 5.80. The molecule has 3 rings (SSSR count). The number of carbonyl (C=O) groups is 1. The third-order valence-electron chi connectivity index (χ3n) is 4.70. The van der Waals surface area contributed by atoms with Crippen molar-refractivity contribution in [1.29, 1.82) is 0 Å². The molecule has 0 bridgehead atoms. The summed E-state index contributed by atoms with van der Waals surface area (Å²) in [5.74, 6) is 0.166. The molecule has 136 valence electrons. The van der Waals surface area contributed by atoms with Gasteiger partial charge in [0.05, 0.1) is 15.2 Å². The summed E-state index contributed by atoms with van der Waals surface area (Å²) in [5, 5.41) is 4.18. The molecule has 2 aromatic rings. The summed E-state index contributed by atoms with van der Waals surface area (Å²) in [4.78, 5) is 21.4. The van der Waals surface area contributed by atoms with Crippen LogP contribution in [-0.4, -0.2) is 67.0 Å². The Labute approximate surface area is 154 Å². The zero-order chi connectivity index (χ0) is 17.5. The number of benzene rings is 1. The van der Waals surface area contributed by atoms with Crippen LogP contribution in [0.4, 0.5) is 0 Å². The maximum atomic E-state index is 12.0. The number of fused-ring (bicyclic) bond motifs is 1. The van der Waals surface area contributed by atoms with Crippen molar-refractivity contribution in [3.63, 3.8) is 0 Å². The molecule has 1 aliphatic rings. The van der Waals surface area contributed by atoms with E-state index in [1.54, 1.807) is 11.3 Å². The van der Waals surface area contributed by atoms with E-state index in [4.69, 9.17) is 0 Å². The first-order valence-corrected chi connectivity index (χ1v) is 10.0. The number of nitrogens with one attached hydrogen (secondary N) is 1. The maximum Gasteiger partial charge on any atom is 0.220 e. The van der Waals surface area contributed by atoms with Gasteiger partial charge in [0, 0.05) is 39.1 Å². The summed E-state index contributed by atoms with van der Waals surface area (Å²) in [5.41, 5.74) is 1.07. The zero-order valence-corrected chi connectivity index (χ0v) is 15.9. The van der Waals surface area contributed by atoms with Gasteiger partial charge in [-0.2, -0.15) is 0 Å². The molecular formula is C19H28N4OS. The molecule has 6 heteroatoms. The quantitative estimate of drug-likeness (QED) is 0.734. The normalized spacial score (nSPS) is 16.4. The topological polar surface area (TPSA) is 48.5 Å². The molecule has 0 spiro atoms. The van der Waals surface area contributed by atoms with Crippen molar-refractivity contribution < 1.29 is 4.79 Å². The lowest BCUT2D eigenvalue weighted by Gasteiger charge is -2.32. The highest BCUT2D eigenvalue weighted by Gasteiger charge is 2.13. The SMILES string of the molecule is CN1CCN(CCCNC(=O)CCCc2nc3ccccc3s2)CC1. The van der Waals surface area contributed by atoms with Crippen LogP contribution in [0.5, 0.6) is 0 Å². The van der Waals surface area contributed by atoms with Crippen molar-refractivity contribution in [2.75, 3.05) is 46.3 Å². The molecule has 0 unspecified atom stereocenters. The van der Waals surface area contributed by atoms with E-state index in [0.29, 0.717) is 6.42 Å². The van der Waals surface area contributed by atoms with Crippen LogP contribution in [0.3, 0.4) is 0 Å². The van der Waals surface area contributed by atoms with Crippen LogP contribution < -0.4 is 5.32 Å². The summed E-state index contributed by atoms with van der Waals surface area (Å²) < 4.78 is 1.23. The predicted molar refractivity (Wildman–Crippen MR) is 104 cm³/mol. The van der Waals surface area contributed by atoms with Crippen molar-refractivity contribution in [3.8, 4) is 0 Å². The number of amides is 1. The monoisotopic (exact) mass is 360 g/mol. The van der Waals surface area contributed by atoms with Crippen molar-refractivity contribution in [2.24, 2.45) is 0 Å². The summed E-state index contributed by atoms with van der Waals surface area (Å²) in [6.45, 7) is 6.46. The van der Waals surface area contributed by atoms with Crippen LogP contribution in [0, 0.1) is 0 Å². The first-order valence-electron chi connectivity index (χ1n) is 9.23. The van der Waals surface area contributed by atoms with Crippen molar-refractivity contribution in [1.82, 2.24) is 20.1 Å². The number of carbonyl (C=O) groups excluding carboxylic acids is 1. The molecule has 0 saturated carbocycles. The van der Waals surface area contributed by atoms with E-state index < -0.39 is 0 Å². The van der Waals surface area contributed by atoms with Crippen molar-refractivity contribution in [3.05, 3.63) is 29.3 Å². The summed E-state index contributed by atoms with van der Waals surface area (Å²) in [6.07, 6.45) is 3.37. The first kappa shape index (κ1) is 18.3. The van der Waals surface area contributed by atoms with Crippen molar-refractivity contribution >= 4 is 27.5 Å². The van der Waals surface area contributed by atoms with Crippen LogP contribution in [0.15, 0.2) is 24.3 Å². The standard InChI is InChI=1S/C19H28N4OS/c1-22-12-14-23(15-13-22)11-5-10-20-18(24)8-4-9-19-21-16-6-2-3-7-17(16)25-19/h2-3,6-7H,4-5,8-15H2,1H3,(H,20,24). The second kappa shape index (κ2) is 9.27. The lowest BCUT2D eigenvalue weighted by Crippen LogP contribution is -2.45. The van der Waals surface area contributed by atoms with E-state index in [0.717, 1.165) is 69.1 Å². The number of piperazine rings is 1. The second-order valence-corrected chi connectivity index (χ2v) is 7.89. The van der Waals surface area contributed by atoms with Gasteiger partial charge in [0.2, 0.25) is 5.91 Å². The molecule has 1 saturated heterocycles. The van der Waals surface area contributed by atoms with Gasteiger partial charge in [-0.3, -0.25) is 4.79 Å². The van der Waals surface area contributed by atoms with Crippen molar-refractivity contribution in [2.45, 2.75) is 25.7 Å². The molecule has 1 N–H and O–H groups in total. The van der Waals surface area contributed by atoms with Gasteiger partial charge >= 0.3 is 0 Å². The Morgan fingerprint density at radius 1 is 1.20 bits per heavy atom. The van der Waals surface area contributed by atoms with Gasteiger partial charge in [-0.05, 0) is 45.0 Å². The summed E-state index contributed by atoms with van der Waals surface area (Å²) in [7, 11) is 2.17. The Bertz CT molecular complexity index is 646. The number of aromatic nitrogens is 1. The van der Waals surface area contributed by atoms with E-state index in [9.17, 15) is 4.79 Å². The average Bonchev–Trinajstić information content (AvgIpc) is 3.03. The Kier molecular flexibility index (Phi) is 6.78. The number of hydrogen-bond donors (Lipinski definition) is 1. The molecule has 1 aromatic carbocycles. The number of aryl methyl sites for hydroxylation is 1. The Morgan fingerprint density at radius 2 is 2.00 bits per heavy atom. The number of rotatable bonds is 8. The number of nitrogens with zero attached hydrogens (tertiary/aromatic N) is 3. The van der Waals surface area contributed by atoms with E-state index >= 15 is 0 Å². The molecule has 1 amide bonds. The van der Waals surface area contributed by atoms with Crippen LogP contribution in [0.25, 0.3) is 10.2 Å². The maximum absolute atomic E-state index is 12.0. The van der Waals surface area contributed by atoms with E-state index in [-0.39, 0.29) is 5.91 Å². The Balaban J connectivity index is 1.27.